The average molecular weight is 317 g/mol. The van der Waals surface area contributed by atoms with Crippen LogP contribution in [0.4, 0.5) is 0 Å². The van der Waals surface area contributed by atoms with E-state index in [0.717, 1.165) is 61.1 Å². The topological polar surface area (TPSA) is 63.9 Å². The van der Waals surface area contributed by atoms with Crippen molar-refractivity contribution < 1.29 is 4.79 Å². The zero-order valence-corrected chi connectivity index (χ0v) is 13.5. The normalized spacial score (nSPS) is 18.7. The molecule has 0 aliphatic carbocycles. The number of hydrogen-bond donors (Lipinski definition) is 0. The highest BCUT2D eigenvalue weighted by Gasteiger charge is 2.30. The Hall–Kier alpha value is -1.76. The third-order valence-corrected chi connectivity index (χ3v) is 5.64. The molecule has 0 N–H and O–H groups in total. The maximum atomic E-state index is 12.5. The molecular weight excluding hydrogens is 298 g/mol. The maximum Gasteiger partial charge on any atom is 0.265 e. The molecule has 22 heavy (non-hydrogen) atoms. The molecule has 0 saturated carbocycles. The van der Waals surface area contributed by atoms with Crippen LogP contribution in [-0.4, -0.2) is 43.6 Å². The summed E-state index contributed by atoms with van der Waals surface area (Å²) in [6, 6.07) is 0. The molecule has 2 aliphatic heterocycles. The summed E-state index contributed by atoms with van der Waals surface area (Å²) in [4.78, 5) is 19.4. The molecule has 4 heterocycles. The van der Waals surface area contributed by atoms with Crippen LogP contribution in [0.1, 0.15) is 52.2 Å². The summed E-state index contributed by atoms with van der Waals surface area (Å²) in [5, 5.41) is 8.70. The van der Waals surface area contributed by atoms with Crippen molar-refractivity contribution in [2.45, 2.75) is 45.1 Å². The predicted molar refractivity (Wildman–Crippen MR) is 83.1 cm³/mol. The molecule has 7 heteroatoms. The first-order valence-corrected chi connectivity index (χ1v) is 8.73. The van der Waals surface area contributed by atoms with Gasteiger partial charge in [0.2, 0.25) is 0 Å². The van der Waals surface area contributed by atoms with Crippen LogP contribution in [0.3, 0.4) is 0 Å². The minimum atomic E-state index is 0.130. The molecule has 2 aromatic heterocycles. The van der Waals surface area contributed by atoms with Gasteiger partial charge in [0.1, 0.15) is 16.5 Å². The van der Waals surface area contributed by atoms with Gasteiger partial charge in [0.05, 0.1) is 11.2 Å². The second kappa shape index (κ2) is 5.46. The van der Waals surface area contributed by atoms with E-state index in [1.54, 1.807) is 5.51 Å². The van der Waals surface area contributed by atoms with Gasteiger partial charge in [-0.15, -0.1) is 21.5 Å². The fourth-order valence-corrected chi connectivity index (χ4v) is 4.24. The highest BCUT2D eigenvalue weighted by molar-refractivity contribution is 7.11. The second-order valence-electron chi connectivity index (χ2n) is 6.06. The number of carbonyl (C=O) groups is 1. The molecule has 4 rings (SSSR count). The number of hydrogen-bond acceptors (Lipinski definition) is 5. The van der Waals surface area contributed by atoms with Gasteiger partial charge in [-0.25, -0.2) is 4.98 Å². The van der Waals surface area contributed by atoms with Crippen molar-refractivity contribution in [3.8, 4) is 0 Å². The van der Waals surface area contributed by atoms with Crippen LogP contribution in [0.5, 0.6) is 0 Å². The van der Waals surface area contributed by atoms with Gasteiger partial charge in [-0.2, -0.15) is 0 Å². The Kier molecular flexibility index (Phi) is 3.44. The largest absolute Gasteiger partial charge is 0.338 e. The number of thiazole rings is 1. The van der Waals surface area contributed by atoms with Gasteiger partial charge in [-0.05, 0) is 26.2 Å². The Balaban J connectivity index is 1.44. The van der Waals surface area contributed by atoms with E-state index < -0.39 is 0 Å². The minimum Gasteiger partial charge on any atom is -0.338 e. The molecule has 6 nitrogen and oxygen atoms in total. The van der Waals surface area contributed by atoms with Gasteiger partial charge in [-0.3, -0.25) is 4.79 Å². The highest BCUT2D eigenvalue weighted by Crippen LogP contribution is 2.30. The van der Waals surface area contributed by atoms with Crippen molar-refractivity contribution >= 4 is 17.2 Å². The molecule has 0 unspecified atom stereocenters. The Morgan fingerprint density at radius 3 is 2.82 bits per heavy atom. The van der Waals surface area contributed by atoms with E-state index in [2.05, 4.69) is 19.7 Å². The van der Waals surface area contributed by atoms with Gasteiger partial charge < -0.3 is 9.47 Å². The fourth-order valence-electron chi connectivity index (χ4n) is 3.47. The van der Waals surface area contributed by atoms with E-state index >= 15 is 0 Å². The zero-order valence-electron chi connectivity index (χ0n) is 12.7. The van der Waals surface area contributed by atoms with Crippen molar-refractivity contribution in [1.82, 2.24) is 24.6 Å². The van der Waals surface area contributed by atoms with Gasteiger partial charge in [-0.1, -0.05) is 0 Å². The van der Waals surface area contributed by atoms with Crippen LogP contribution in [-0.2, 0) is 13.0 Å². The molecule has 0 spiro atoms. The zero-order chi connectivity index (χ0) is 15.1. The molecule has 116 valence electrons. The standard InChI is InChI=1S/C15H19N5OS/c1-10-13(22-9-16-10)15(21)19-7-4-11(5-8-19)14-18-17-12-3-2-6-20(12)14/h9,11H,2-8H2,1H3. The number of rotatable bonds is 2. The summed E-state index contributed by atoms with van der Waals surface area (Å²) >= 11 is 1.44. The molecule has 1 amide bonds. The van der Waals surface area contributed by atoms with E-state index in [9.17, 15) is 4.79 Å². The van der Waals surface area contributed by atoms with Crippen LogP contribution >= 0.6 is 11.3 Å². The molecule has 0 bridgehead atoms. The van der Waals surface area contributed by atoms with Crippen molar-refractivity contribution in [3.63, 3.8) is 0 Å². The van der Waals surface area contributed by atoms with Crippen molar-refractivity contribution in [2.75, 3.05) is 13.1 Å². The number of aryl methyl sites for hydroxylation is 2. The Morgan fingerprint density at radius 2 is 2.09 bits per heavy atom. The number of carbonyl (C=O) groups excluding carboxylic acids is 1. The van der Waals surface area contributed by atoms with Gasteiger partial charge in [0, 0.05) is 32.0 Å². The predicted octanol–water partition coefficient (Wildman–Crippen LogP) is 2.01. The van der Waals surface area contributed by atoms with Crippen molar-refractivity contribution in [1.29, 1.82) is 0 Å². The summed E-state index contributed by atoms with van der Waals surface area (Å²) in [5.41, 5.74) is 2.59. The highest BCUT2D eigenvalue weighted by atomic mass is 32.1. The van der Waals surface area contributed by atoms with Crippen LogP contribution in [0, 0.1) is 6.92 Å². The summed E-state index contributed by atoms with van der Waals surface area (Å²) < 4.78 is 2.29. The van der Waals surface area contributed by atoms with Crippen LogP contribution in [0.25, 0.3) is 0 Å². The minimum absolute atomic E-state index is 0.130. The second-order valence-corrected chi connectivity index (χ2v) is 6.92. The molecule has 1 fully saturated rings. The first-order chi connectivity index (χ1) is 10.7. The van der Waals surface area contributed by atoms with Crippen LogP contribution in [0.15, 0.2) is 5.51 Å². The quantitative estimate of drug-likeness (QED) is 0.850. The van der Waals surface area contributed by atoms with Crippen LogP contribution in [0.2, 0.25) is 0 Å². The molecule has 2 aromatic rings. The molecule has 0 atom stereocenters. The smallest absolute Gasteiger partial charge is 0.265 e. The lowest BCUT2D eigenvalue weighted by molar-refractivity contribution is 0.0714. The molecular formula is C15H19N5OS. The summed E-state index contributed by atoms with van der Waals surface area (Å²) in [5.74, 6) is 2.83. The third-order valence-electron chi connectivity index (χ3n) is 4.73. The van der Waals surface area contributed by atoms with E-state index in [4.69, 9.17) is 0 Å². The Labute approximate surface area is 133 Å². The summed E-state index contributed by atoms with van der Waals surface area (Å²) in [6.45, 7) is 4.54. The number of piperidine rings is 1. The third kappa shape index (κ3) is 2.24. The summed E-state index contributed by atoms with van der Waals surface area (Å²) in [6.07, 6.45) is 4.18. The number of amides is 1. The number of aromatic nitrogens is 4. The first-order valence-electron chi connectivity index (χ1n) is 7.85. The van der Waals surface area contributed by atoms with Gasteiger partial charge >= 0.3 is 0 Å². The maximum absolute atomic E-state index is 12.5. The Morgan fingerprint density at radius 1 is 1.27 bits per heavy atom. The lowest BCUT2D eigenvalue weighted by Crippen LogP contribution is -2.38. The molecule has 0 aromatic carbocycles. The SMILES string of the molecule is Cc1ncsc1C(=O)N1CCC(c2nnc3n2CCC3)CC1. The van der Waals surface area contributed by atoms with Crippen LogP contribution < -0.4 is 0 Å². The number of nitrogens with zero attached hydrogens (tertiary/aromatic N) is 5. The molecule has 0 radical (unpaired) electrons. The van der Waals surface area contributed by atoms with E-state index in [-0.39, 0.29) is 5.91 Å². The van der Waals surface area contributed by atoms with E-state index in [1.807, 2.05) is 11.8 Å². The molecule has 2 aliphatic rings. The van der Waals surface area contributed by atoms with Gasteiger partial charge in [0.15, 0.2) is 0 Å². The number of likely N-dealkylation sites (tertiary alicyclic amines) is 1. The lowest BCUT2D eigenvalue weighted by Gasteiger charge is -2.31. The Bertz CT molecular complexity index is 699. The van der Waals surface area contributed by atoms with Gasteiger partial charge in [0.25, 0.3) is 5.91 Å². The number of fused-ring (bicyclic) bond motifs is 1. The van der Waals surface area contributed by atoms with E-state index in [1.165, 1.54) is 17.8 Å². The lowest BCUT2D eigenvalue weighted by atomic mass is 9.95. The first kappa shape index (κ1) is 13.9. The van der Waals surface area contributed by atoms with E-state index in [0.29, 0.717) is 5.92 Å². The average Bonchev–Trinajstić information content (AvgIpc) is 3.23. The summed E-state index contributed by atoms with van der Waals surface area (Å²) in [7, 11) is 0. The monoisotopic (exact) mass is 317 g/mol. The van der Waals surface area contributed by atoms with Crippen molar-refractivity contribution in [3.05, 3.63) is 27.7 Å². The van der Waals surface area contributed by atoms with Crippen molar-refractivity contribution in [2.24, 2.45) is 0 Å². The molecule has 1 saturated heterocycles. The fraction of sp³-hybridized carbons (Fsp3) is 0.600.